The van der Waals surface area contributed by atoms with E-state index in [0.717, 1.165) is 64.6 Å². The van der Waals surface area contributed by atoms with Gasteiger partial charge >= 0.3 is 5.97 Å². The van der Waals surface area contributed by atoms with Crippen molar-refractivity contribution in [1.29, 1.82) is 0 Å². The third kappa shape index (κ3) is 12.1. The number of esters is 1. The zero-order chi connectivity index (χ0) is 28.8. The van der Waals surface area contributed by atoms with Crippen LogP contribution in [0.1, 0.15) is 106 Å². The highest BCUT2D eigenvalue weighted by Gasteiger charge is 2.32. The number of nitrogens with zero attached hydrogens (tertiary/aromatic N) is 1. The number of aliphatic hydroxyl groups is 1. The molecule has 222 valence electrons. The Morgan fingerprint density at radius 2 is 1.85 bits per heavy atom. The Kier molecular flexibility index (Phi) is 14.7. The van der Waals surface area contributed by atoms with Gasteiger partial charge in [-0.1, -0.05) is 65.8 Å². The number of carbonyl (C=O) groups excluding carboxylic acids is 2. The van der Waals surface area contributed by atoms with E-state index in [9.17, 15) is 14.7 Å². The molecule has 3 unspecified atom stereocenters. The first-order valence-corrected chi connectivity index (χ1v) is 15.7. The summed E-state index contributed by atoms with van der Waals surface area (Å²) in [5.41, 5.74) is 1.42. The molecule has 0 bridgehead atoms. The summed E-state index contributed by atoms with van der Waals surface area (Å²) in [6.07, 6.45) is 19.2. The van der Waals surface area contributed by atoms with Crippen LogP contribution in [0.2, 0.25) is 0 Å². The molecule has 0 aromatic rings. The first-order chi connectivity index (χ1) is 18.6. The number of rotatable bonds is 9. The summed E-state index contributed by atoms with van der Waals surface area (Å²) >= 11 is 0. The number of ketones is 1. The number of hydrogen-bond donors (Lipinski definition) is 1. The first-order valence-electron chi connectivity index (χ1n) is 15.7. The normalized spacial score (nSPS) is 32.6. The molecule has 0 aromatic heterocycles. The van der Waals surface area contributed by atoms with Gasteiger partial charge in [0.15, 0.2) is 5.78 Å². The molecule has 0 aromatic carbocycles. The number of allylic oxidation sites excluding steroid dienone is 4. The first kappa shape index (κ1) is 33.5. The Hall–Kier alpha value is -1.72. The van der Waals surface area contributed by atoms with E-state index in [1.54, 1.807) is 6.08 Å². The molecule has 0 saturated heterocycles. The van der Waals surface area contributed by atoms with Gasteiger partial charge in [0.2, 0.25) is 0 Å². The van der Waals surface area contributed by atoms with Gasteiger partial charge in [-0.25, -0.2) is 0 Å². The Bertz CT molecular complexity index is 846. The Morgan fingerprint density at radius 3 is 2.49 bits per heavy atom. The number of hydrogen-bond acceptors (Lipinski definition) is 5. The second-order valence-corrected chi connectivity index (χ2v) is 12.9. The van der Waals surface area contributed by atoms with Crippen molar-refractivity contribution in [2.45, 2.75) is 112 Å². The second-order valence-electron chi connectivity index (χ2n) is 12.9. The summed E-state index contributed by atoms with van der Waals surface area (Å²) in [6, 6.07) is 0. The van der Waals surface area contributed by atoms with Crippen molar-refractivity contribution in [3.8, 4) is 0 Å². The number of aliphatic hydroxyl groups excluding tert-OH is 1. The lowest BCUT2D eigenvalue weighted by Gasteiger charge is -2.36. The van der Waals surface area contributed by atoms with Gasteiger partial charge in [-0.15, -0.1) is 0 Å². The SMILES string of the molecule is CCCN(CCC1(C)C[C@@H](C)CCC(=O)OC(CC)[C@@H](CO)CC(C)/C=C/C(=O)[C@H](C)C1)CC1=CCCC=C1. The fourth-order valence-corrected chi connectivity index (χ4v) is 6.56. The molecule has 1 aliphatic heterocycles. The fourth-order valence-electron chi connectivity index (χ4n) is 6.56. The molecule has 5 heteroatoms. The summed E-state index contributed by atoms with van der Waals surface area (Å²) in [5.74, 6) is 0.335. The highest BCUT2D eigenvalue weighted by atomic mass is 16.5. The van der Waals surface area contributed by atoms with E-state index >= 15 is 0 Å². The molecule has 0 radical (unpaired) electrons. The van der Waals surface area contributed by atoms with Crippen molar-refractivity contribution in [1.82, 2.24) is 4.90 Å². The zero-order valence-corrected chi connectivity index (χ0v) is 25.8. The van der Waals surface area contributed by atoms with Gasteiger partial charge in [0.1, 0.15) is 6.10 Å². The van der Waals surface area contributed by atoms with Gasteiger partial charge in [-0.2, -0.15) is 0 Å². The van der Waals surface area contributed by atoms with Crippen molar-refractivity contribution >= 4 is 11.8 Å². The molecule has 39 heavy (non-hydrogen) atoms. The molecule has 0 saturated carbocycles. The van der Waals surface area contributed by atoms with Crippen LogP contribution in [-0.2, 0) is 14.3 Å². The molecule has 1 aliphatic carbocycles. The number of cyclic esters (lactones) is 1. The van der Waals surface area contributed by atoms with Crippen molar-refractivity contribution in [2.24, 2.45) is 29.1 Å². The third-order valence-electron chi connectivity index (χ3n) is 8.73. The number of ether oxygens (including phenoxy) is 1. The minimum Gasteiger partial charge on any atom is -0.462 e. The molecule has 1 heterocycles. The summed E-state index contributed by atoms with van der Waals surface area (Å²) in [4.78, 5) is 28.6. The van der Waals surface area contributed by atoms with E-state index < -0.39 is 0 Å². The predicted molar refractivity (Wildman–Crippen MR) is 161 cm³/mol. The van der Waals surface area contributed by atoms with Gasteiger partial charge in [-0.3, -0.25) is 14.5 Å². The highest BCUT2D eigenvalue weighted by molar-refractivity contribution is 5.91. The van der Waals surface area contributed by atoms with Crippen LogP contribution in [0, 0.1) is 29.1 Å². The van der Waals surface area contributed by atoms with E-state index in [0.29, 0.717) is 25.2 Å². The van der Waals surface area contributed by atoms with Gasteiger partial charge in [-0.05, 0) is 99.8 Å². The maximum Gasteiger partial charge on any atom is 0.306 e. The van der Waals surface area contributed by atoms with E-state index in [-0.39, 0.29) is 47.6 Å². The van der Waals surface area contributed by atoms with Crippen molar-refractivity contribution in [2.75, 3.05) is 26.2 Å². The molecule has 1 N–H and O–H groups in total. The third-order valence-corrected chi connectivity index (χ3v) is 8.73. The average Bonchev–Trinajstić information content (AvgIpc) is 2.91. The molecular weight excluding hydrogens is 486 g/mol. The van der Waals surface area contributed by atoms with Gasteiger partial charge in [0.05, 0.1) is 0 Å². The van der Waals surface area contributed by atoms with Gasteiger partial charge in [0.25, 0.3) is 0 Å². The minimum atomic E-state index is -0.292. The topological polar surface area (TPSA) is 66.8 Å². The quantitative estimate of drug-likeness (QED) is 0.309. The summed E-state index contributed by atoms with van der Waals surface area (Å²) in [7, 11) is 0. The zero-order valence-electron chi connectivity index (χ0n) is 25.8. The molecular formula is C34H57NO4. The van der Waals surface area contributed by atoms with Crippen LogP contribution >= 0.6 is 0 Å². The van der Waals surface area contributed by atoms with Crippen LogP contribution in [0.5, 0.6) is 0 Å². The maximum absolute atomic E-state index is 13.2. The Morgan fingerprint density at radius 1 is 1.08 bits per heavy atom. The van der Waals surface area contributed by atoms with Crippen LogP contribution in [0.4, 0.5) is 0 Å². The lowest BCUT2D eigenvalue weighted by atomic mass is 9.71. The number of carbonyl (C=O) groups is 2. The van der Waals surface area contributed by atoms with Crippen LogP contribution in [0.15, 0.2) is 36.0 Å². The van der Waals surface area contributed by atoms with E-state index in [1.165, 1.54) is 5.57 Å². The summed E-state index contributed by atoms with van der Waals surface area (Å²) in [6.45, 7) is 16.0. The largest absolute Gasteiger partial charge is 0.462 e. The summed E-state index contributed by atoms with van der Waals surface area (Å²) in [5, 5.41) is 10.0. The van der Waals surface area contributed by atoms with Crippen molar-refractivity contribution in [3.63, 3.8) is 0 Å². The lowest BCUT2D eigenvalue weighted by Crippen LogP contribution is -2.34. The monoisotopic (exact) mass is 543 g/mol. The fraction of sp³-hybridized carbons (Fsp3) is 0.765. The molecule has 6 atom stereocenters. The molecule has 2 aliphatic rings. The minimum absolute atomic E-state index is 0.00559. The molecule has 2 rings (SSSR count). The molecule has 5 nitrogen and oxygen atoms in total. The Labute approximate surface area is 239 Å². The second kappa shape index (κ2) is 17.2. The van der Waals surface area contributed by atoms with E-state index in [4.69, 9.17) is 4.74 Å². The maximum atomic E-state index is 13.2. The Balaban J connectivity index is 2.20. The standard InChI is InChI=1S/C34H57NO4/c1-7-19-35(24-29-12-10-9-11-13-29)20-18-34(6)22-27(4)15-17-33(38)39-32(8-2)30(25-36)21-26(3)14-16-31(37)28(5)23-34/h10,12-14,16,26-28,30,32,36H,7-9,11,15,17-25H2,1-6H3/b16-14+/t26?,27-,28+,30+,32?,34?/m0/s1. The lowest BCUT2D eigenvalue weighted by molar-refractivity contribution is -0.153. The van der Waals surface area contributed by atoms with Crippen LogP contribution in [-0.4, -0.2) is 54.1 Å². The van der Waals surface area contributed by atoms with Crippen LogP contribution in [0.3, 0.4) is 0 Å². The average molecular weight is 544 g/mol. The molecule has 0 fully saturated rings. The van der Waals surface area contributed by atoms with Crippen molar-refractivity contribution < 1.29 is 19.4 Å². The van der Waals surface area contributed by atoms with Crippen molar-refractivity contribution in [3.05, 3.63) is 36.0 Å². The van der Waals surface area contributed by atoms with Crippen LogP contribution < -0.4 is 0 Å². The van der Waals surface area contributed by atoms with Crippen LogP contribution in [0.25, 0.3) is 0 Å². The van der Waals surface area contributed by atoms with E-state index in [1.807, 2.05) is 13.0 Å². The van der Waals surface area contributed by atoms with E-state index in [2.05, 4.69) is 57.7 Å². The predicted octanol–water partition coefficient (Wildman–Crippen LogP) is 7.30. The molecule has 0 amide bonds. The van der Waals surface area contributed by atoms with Gasteiger partial charge in [0, 0.05) is 31.4 Å². The van der Waals surface area contributed by atoms with Gasteiger partial charge < -0.3 is 9.84 Å². The smallest absolute Gasteiger partial charge is 0.306 e. The highest BCUT2D eigenvalue weighted by Crippen LogP contribution is 2.39. The summed E-state index contributed by atoms with van der Waals surface area (Å²) < 4.78 is 5.86. The molecule has 0 spiro atoms.